The summed E-state index contributed by atoms with van der Waals surface area (Å²) in [5, 5.41) is 18.4. The van der Waals surface area contributed by atoms with Gasteiger partial charge in [0.15, 0.2) is 0 Å². The Morgan fingerprint density at radius 1 is 1.29 bits per heavy atom. The number of halogens is 3. The Bertz CT molecular complexity index is 967. The van der Waals surface area contributed by atoms with Crippen LogP contribution in [0.15, 0.2) is 55.1 Å². The zero-order valence-corrected chi connectivity index (χ0v) is 15.6. The molecule has 28 heavy (non-hydrogen) atoms. The predicted molar refractivity (Wildman–Crippen MR) is 98.7 cm³/mol. The van der Waals surface area contributed by atoms with Crippen LogP contribution in [0.3, 0.4) is 0 Å². The Morgan fingerprint density at radius 3 is 2.61 bits per heavy atom. The van der Waals surface area contributed by atoms with Gasteiger partial charge in [0, 0.05) is 22.2 Å². The predicted octanol–water partition coefficient (Wildman–Crippen LogP) is 2.92. The van der Waals surface area contributed by atoms with Crippen LogP contribution in [0.2, 0.25) is 5.02 Å². The van der Waals surface area contributed by atoms with E-state index in [1.807, 2.05) is 0 Å². The molecule has 0 spiro atoms. The number of carbonyl (C=O) groups excluding carboxylic acids is 1. The Morgan fingerprint density at radius 2 is 2.00 bits per heavy atom. The van der Waals surface area contributed by atoms with Gasteiger partial charge in [0.05, 0.1) is 12.6 Å². The van der Waals surface area contributed by atoms with Gasteiger partial charge in [0.1, 0.15) is 29.9 Å². The number of nitrogens with zero attached hydrogens (tertiary/aromatic N) is 3. The fraction of sp³-hybridized carbons (Fsp3) is 0.211. The van der Waals surface area contributed by atoms with Crippen molar-refractivity contribution >= 4 is 17.5 Å². The molecule has 0 aliphatic carbocycles. The Kier molecular flexibility index (Phi) is 5.71. The minimum absolute atomic E-state index is 0.173. The number of carbonyl (C=O) groups is 1. The van der Waals surface area contributed by atoms with Crippen molar-refractivity contribution in [2.75, 3.05) is 0 Å². The molecule has 3 rings (SSSR count). The van der Waals surface area contributed by atoms with E-state index in [2.05, 4.69) is 15.4 Å². The molecule has 0 radical (unpaired) electrons. The van der Waals surface area contributed by atoms with Crippen LogP contribution in [0.1, 0.15) is 22.8 Å². The zero-order chi connectivity index (χ0) is 20.3. The fourth-order valence-corrected chi connectivity index (χ4v) is 2.98. The number of benzene rings is 2. The maximum absolute atomic E-state index is 14.5. The highest BCUT2D eigenvalue weighted by Gasteiger charge is 2.40. The molecule has 0 saturated carbocycles. The Balaban J connectivity index is 1.93. The molecule has 2 N–H and O–H groups in total. The van der Waals surface area contributed by atoms with Gasteiger partial charge in [0.25, 0.3) is 5.91 Å². The summed E-state index contributed by atoms with van der Waals surface area (Å²) in [4.78, 5) is 16.3. The lowest BCUT2D eigenvalue weighted by atomic mass is 9.86. The lowest BCUT2D eigenvalue weighted by molar-refractivity contribution is -0.0186. The molecule has 0 aliphatic heterocycles. The second-order valence-electron chi connectivity index (χ2n) is 6.34. The summed E-state index contributed by atoms with van der Waals surface area (Å²) in [6.07, 6.45) is 2.61. The zero-order valence-electron chi connectivity index (χ0n) is 14.8. The van der Waals surface area contributed by atoms with Crippen LogP contribution in [0.25, 0.3) is 0 Å². The largest absolute Gasteiger partial charge is 0.381 e. The third-order valence-electron chi connectivity index (χ3n) is 4.44. The van der Waals surface area contributed by atoms with E-state index in [1.165, 1.54) is 36.4 Å². The van der Waals surface area contributed by atoms with Crippen LogP contribution < -0.4 is 5.32 Å². The van der Waals surface area contributed by atoms with Gasteiger partial charge in [-0.25, -0.2) is 18.4 Å². The van der Waals surface area contributed by atoms with E-state index in [4.69, 9.17) is 11.6 Å². The highest BCUT2D eigenvalue weighted by molar-refractivity contribution is 6.30. The van der Waals surface area contributed by atoms with Crippen molar-refractivity contribution in [3.63, 3.8) is 0 Å². The summed E-state index contributed by atoms with van der Waals surface area (Å²) in [6, 6.07) is 8.07. The summed E-state index contributed by atoms with van der Waals surface area (Å²) < 4.78 is 29.1. The third-order valence-corrected chi connectivity index (χ3v) is 4.69. The van der Waals surface area contributed by atoms with Crippen molar-refractivity contribution in [1.29, 1.82) is 0 Å². The SMILES string of the molecule is C[C@@H](NC(=O)c1ccc(Cl)cc1)[C@](O)(Cn1cncn1)c1ccc(F)cc1F. The number of nitrogens with one attached hydrogen (secondary N) is 1. The van der Waals surface area contributed by atoms with Gasteiger partial charge in [-0.2, -0.15) is 5.10 Å². The van der Waals surface area contributed by atoms with Gasteiger partial charge in [0.2, 0.25) is 0 Å². The molecule has 1 amide bonds. The molecule has 2 aromatic carbocycles. The molecule has 1 aromatic heterocycles. The van der Waals surface area contributed by atoms with Crippen molar-refractivity contribution < 1.29 is 18.7 Å². The Hall–Kier alpha value is -2.84. The maximum Gasteiger partial charge on any atom is 0.251 e. The molecule has 1 heterocycles. The van der Waals surface area contributed by atoms with E-state index in [0.717, 1.165) is 12.1 Å². The van der Waals surface area contributed by atoms with Crippen LogP contribution in [-0.4, -0.2) is 31.8 Å². The van der Waals surface area contributed by atoms with E-state index in [0.29, 0.717) is 16.7 Å². The number of amides is 1. The molecular formula is C19H17ClF2N4O2. The van der Waals surface area contributed by atoms with Crippen LogP contribution in [-0.2, 0) is 12.1 Å². The first-order valence-corrected chi connectivity index (χ1v) is 8.74. The first-order chi connectivity index (χ1) is 13.3. The second-order valence-corrected chi connectivity index (χ2v) is 6.78. The van der Waals surface area contributed by atoms with E-state index in [9.17, 15) is 18.7 Å². The molecule has 3 aromatic rings. The van der Waals surface area contributed by atoms with Crippen molar-refractivity contribution in [2.45, 2.75) is 25.1 Å². The molecule has 6 nitrogen and oxygen atoms in total. The molecule has 0 saturated heterocycles. The van der Waals surface area contributed by atoms with Crippen molar-refractivity contribution in [1.82, 2.24) is 20.1 Å². The summed E-state index contributed by atoms with van der Waals surface area (Å²) in [6.45, 7) is 1.31. The first-order valence-electron chi connectivity index (χ1n) is 8.36. The number of aromatic nitrogens is 3. The maximum atomic E-state index is 14.5. The van der Waals surface area contributed by atoms with E-state index in [-0.39, 0.29) is 12.1 Å². The lowest BCUT2D eigenvalue weighted by Crippen LogP contribution is -2.51. The molecule has 0 bridgehead atoms. The molecule has 146 valence electrons. The topological polar surface area (TPSA) is 80.0 Å². The average Bonchev–Trinajstić information content (AvgIpc) is 3.14. The van der Waals surface area contributed by atoms with Crippen molar-refractivity contribution in [3.8, 4) is 0 Å². The minimum Gasteiger partial charge on any atom is -0.381 e. The lowest BCUT2D eigenvalue weighted by Gasteiger charge is -2.35. The van der Waals surface area contributed by atoms with E-state index >= 15 is 0 Å². The number of rotatable bonds is 6. The molecule has 0 fully saturated rings. The molecular weight excluding hydrogens is 390 g/mol. The molecule has 9 heteroatoms. The molecule has 0 aliphatic rings. The van der Waals surface area contributed by atoms with Gasteiger partial charge in [-0.05, 0) is 37.3 Å². The summed E-state index contributed by atoms with van der Waals surface area (Å²) in [5.74, 6) is -2.19. The first kappa shape index (κ1) is 19.9. The van der Waals surface area contributed by atoms with E-state index < -0.39 is 29.2 Å². The smallest absolute Gasteiger partial charge is 0.251 e. The highest BCUT2D eigenvalue weighted by atomic mass is 35.5. The van der Waals surface area contributed by atoms with Gasteiger partial charge >= 0.3 is 0 Å². The number of hydrogen-bond donors (Lipinski definition) is 2. The van der Waals surface area contributed by atoms with Gasteiger partial charge in [-0.15, -0.1) is 0 Å². The summed E-state index contributed by atoms with van der Waals surface area (Å²) >= 11 is 5.82. The van der Waals surface area contributed by atoms with Crippen LogP contribution in [0.5, 0.6) is 0 Å². The number of aliphatic hydroxyl groups is 1. The van der Waals surface area contributed by atoms with Gasteiger partial charge in [-0.1, -0.05) is 17.7 Å². The Labute approximate surface area is 164 Å². The van der Waals surface area contributed by atoms with Gasteiger partial charge in [-0.3, -0.25) is 4.79 Å². The third kappa shape index (κ3) is 4.18. The fourth-order valence-electron chi connectivity index (χ4n) is 2.86. The monoisotopic (exact) mass is 406 g/mol. The quantitative estimate of drug-likeness (QED) is 0.659. The van der Waals surface area contributed by atoms with Crippen molar-refractivity contribution in [2.24, 2.45) is 0 Å². The van der Waals surface area contributed by atoms with E-state index in [1.54, 1.807) is 12.1 Å². The van der Waals surface area contributed by atoms with Crippen LogP contribution in [0, 0.1) is 11.6 Å². The highest BCUT2D eigenvalue weighted by Crippen LogP contribution is 2.30. The second kappa shape index (κ2) is 8.04. The van der Waals surface area contributed by atoms with Crippen molar-refractivity contribution in [3.05, 3.63) is 82.9 Å². The minimum atomic E-state index is -1.92. The normalized spacial score (nSPS) is 14.3. The number of hydrogen-bond acceptors (Lipinski definition) is 4. The van der Waals surface area contributed by atoms with Crippen LogP contribution in [0.4, 0.5) is 8.78 Å². The molecule has 0 unspecified atom stereocenters. The molecule has 2 atom stereocenters. The van der Waals surface area contributed by atoms with Gasteiger partial charge < -0.3 is 10.4 Å². The standard InChI is InChI=1S/C19H17ClF2N4O2/c1-12(25-18(27)13-2-4-14(20)5-3-13)19(28,9-26-11-23-10-24-26)16-7-6-15(21)8-17(16)22/h2-8,10-12,28H,9H2,1H3,(H,25,27)/t12-,19-/m1/s1. The summed E-state index contributed by atoms with van der Waals surface area (Å²) in [5.41, 5.74) is -1.78. The van der Waals surface area contributed by atoms with Crippen LogP contribution >= 0.6 is 11.6 Å². The summed E-state index contributed by atoms with van der Waals surface area (Å²) in [7, 11) is 0. The average molecular weight is 407 g/mol.